The number of halogens is 1. The van der Waals surface area contributed by atoms with Gasteiger partial charge in [-0.05, 0) is 19.3 Å². The average molecular weight is 198 g/mol. The van der Waals surface area contributed by atoms with E-state index in [1.807, 2.05) is 11.6 Å². The molecule has 0 aliphatic heterocycles. The lowest BCUT2D eigenvalue weighted by atomic mass is 10.2. The molecule has 0 saturated heterocycles. The Morgan fingerprint density at radius 2 is 2.50 bits per heavy atom. The van der Waals surface area contributed by atoms with Gasteiger partial charge in [0.1, 0.15) is 18.3 Å². The van der Waals surface area contributed by atoms with E-state index in [4.69, 9.17) is 0 Å². The molecule has 1 heterocycles. The van der Waals surface area contributed by atoms with Crippen LogP contribution in [0.1, 0.15) is 25.1 Å². The van der Waals surface area contributed by atoms with E-state index < -0.39 is 6.17 Å². The van der Waals surface area contributed by atoms with E-state index in [0.717, 1.165) is 18.7 Å². The molecule has 78 valence electrons. The second-order valence-corrected chi connectivity index (χ2v) is 3.79. The summed E-state index contributed by atoms with van der Waals surface area (Å²) in [5.74, 6) is 0.851. The van der Waals surface area contributed by atoms with Crippen LogP contribution in [-0.2, 0) is 13.6 Å². The van der Waals surface area contributed by atoms with Crippen LogP contribution in [0.15, 0.2) is 6.33 Å². The van der Waals surface area contributed by atoms with Crippen molar-refractivity contribution in [1.82, 2.24) is 20.1 Å². The molecule has 1 saturated carbocycles. The molecule has 0 bridgehead atoms. The van der Waals surface area contributed by atoms with Gasteiger partial charge in [0, 0.05) is 13.1 Å². The molecule has 0 radical (unpaired) electrons. The monoisotopic (exact) mass is 198 g/mol. The summed E-state index contributed by atoms with van der Waals surface area (Å²) < 4.78 is 15.1. The minimum atomic E-state index is -0.691. The Kier molecular flexibility index (Phi) is 2.77. The molecule has 2 atom stereocenters. The van der Waals surface area contributed by atoms with Crippen LogP contribution in [0.3, 0.4) is 0 Å². The van der Waals surface area contributed by atoms with Gasteiger partial charge in [-0.1, -0.05) is 0 Å². The second-order valence-electron chi connectivity index (χ2n) is 3.79. The highest BCUT2D eigenvalue weighted by atomic mass is 19.1. The van der Waals surface area contributed by atoms with Gasteiger partial charge in [-0.15, -0.1) is 10.2 Å². The molecular formula is C9H15FN4. The van der Waals surface area contributed by atoms with Crippen LogP contribution in [-0.4, -0.2) is 27.0 Å². The van der Waals surface area contributed by atoms with Crippen molar-refractivity contribution >= 4 is 0 Å². The summed E-state index contributed by atoms with van der Waals surface area (Å²) >= 11 is 0. The topological polar surface area (TPSA) is 42.7 Å². The summed E-state index contributed by atoms with van der Waals surface area (Å²) in [6, 6.07) is 0.00620. The Morgan fingerprint density at radius 3 is 3.07 bits per heavy atom. The standard InChI is InChI=1S/C9H15FN4/c1-14-6-12-13-9(14)5-11-8-4-2-3-7(8)10/h6-8,11H,2-5H2,1H3. The minimum Gasteiger partial charge on any atom is -0.320 e. The van der Waals surface area contributed by atoms with Crippen LogP contribution in [0.25, 0.3) is 0 Å². The van der Waals surface area contributed by atoms with Crippen molar-refractivity contribution in [2.24, 2.45) is 7.05 Å². The van der Waals surface area contributed by atoms with Gasteiger partial charge in [-0.2, -0.15) is 0 Å². The zero-order chi connectivity index (χ0) is 9.97. The predicted octanol–water partition coefficient (Wildman–Crippen LogP) is 0.795. The number of aromatic nitrogens is 3. The number of rotatable bonds is 3. The normalized spacial score (nSPS) is 27.0. The fourth-order valence-corrected chi connectivity index (χ4v) is 1.83. The van der Waals surface area contributed by atoms with Gasteiger partial charge in [-0.3, -0.25) is 0 Å². The van der Waals surface area contributed by atoms with E-state index in [9.17, 15) is 4.39 Å². The first-order chi connectivity index (χ1) is 6.77. The molecule has 1 N–H and O–H groups in total. The van der Waals surface area contributed by atoms with Crippen LogP contribution in [0.4, 0.5) is 4.39 Å². The van der Waals surface area contributed by atoms with Crippen molar-refractivity contribution in [3.05, 3.63) is 12.2 Å². The van der Waals surface area contributed by atoms with E-state index in [0.29, 0.717) is 13.0 Å². The highest BCUT2D eigenvalue weighted by molar-refractivity contribution is 4.88. The Bertz CT molecular complexity index is 299. The fraction of sp³-hybridized carbons (Fsp3) is 0.778. The predicted molar refractivity (Wildman–Crippen MR) is 50.4 cm³/mol. The number of aryl methyl sites for hydroxylation is 1. The molecule has 4 nitrogen and oxygen atoms in total. The zero-order valence-corrected chi connectivity index (χ0v) is 8.28. The van der Waals surface area contributed by atoms with Gasteiger partial charge < -0.3 is 9.88 Å². The number of nitrogens with one attached hydrogen (secondary N) is 1. The van der Waals surface area contributed by atoms with E-state index in [2.05, 4.69) is 15.5 Å². The lowest BCUT2D eigenvalue weighted by Gasteiger charge is -2.13. The van der Waals surface area contributed by atoms with Crippen molar-refractivity contribution in [1.29, 1.82) is 0 Å². The highest BCUT2D eigenvalue weighted by Crippen LogP contribution is 2.21. The molecule has 0 amide bonds. The van der Waals surface area contributed by atoms with Crippen molar-refractivity contribution in [2.45, 2.75) is 38.0 Å². The van der Waals surface area contributed by atoms with Crippen LogP contribution in [0.2, 0.25) is 0 Å². The quantitative estimate of drug-likeness (QED) is 0.781. The third-order valence-electron chi connectivity index (χ3n) is 2.76. The molecule has 0 spiro atoms. The Labute approximate surface area is 82.5 Å². The summed E-state index contributed by atoms with van der Waals surface area (Å²) in [6.07, 6.45) is 3.56. The van der Waals surface area contributed by atoms with E-state index >= 15 is 0 Å². The summed E-state index contributed by atoms with van der Waals surface area (Å²) in [5, 5.41) is 10.9. The van der Waals surface area contributed by atoms with E-state index in [1.54, 1.807) is 6.33 Å². The number of nitrogens with zero attached hydrogens (tertiary/aromatic N) is 3. The average Bonchev–Trinajstić information content (AvgIpc) is 2.72. The minimum absolute atomic E-state index is 0.00620. The third-order valence-corrected chi connectivity index (χ3v) is 2.76. The van der Waals surface area contributed by atoms with Crippen LogP contribution < -0.4 is 5.32 Å². The van der Waals surface area contributed by atoms with Gasteiger partial charge in [0.2, 0.25) is 0 Å². The molecule has 1 aliphatic rings. The van der Waals surface area contributed by atoms with Gasteiger partial charge in [0.15, 0.2) is 0 Å². The van der Waals surface area contributed by atoms with Crippen LogP contribution in [0, 0.1) is 0 Å². The summed E-state index contributed by atoms with van der Waals surface area (Å²) in [7, 11) is 1.89. The Hall–Kier alpha value is -0.970. The molecule has 0 aromatic carbocycles. The largest absolute Gasteiger partial charge is 0.320 e. The van der Waals surface area contributed by atoms with Crippen LogP contribution in [0.5, 0.6) is 0 Å². The lowest BCUT2D eigenvalue weighted by molar-refractivity contribution is 0.277. The highest BCUT2D eigenvalue weighted by Gasteiger charge is 2.26. The van der Waals surface area contributed by atoms with Crippen molar-refractivity contribution in [3.63, 3.8) is 0 Å². The van der Waals surface area contributed by atoms with Crippen LogP contribution >= 0.6 is 0 Å². The summed E-state index contributed by atoms with van der Waals surface area (Å²) in [6.45, 7) is 0.599. The maximum atomic E-state index is 13.2. The molecule has 1 aliphatic carbocycles. The van der Waals surface area contributed by atoms with Gasteiger partial charge in [-0.25, -0.2) is 4.39 Å². The van der Waals surface area contributed by atoms with Gasteiger partial charge in [0.05, 0.1) is 6.54 Å². The van der Waals surface area contributed by atoms with Gasteiger partial charge >= 0.3 is 0 Å². The lowest BCUT2D eigenvalue weighted by Crippen LogP contribution is -2.33. The third kappa shape index (κ3) is 1.92. The van der Waals surface area contributed by atoms with Crippen molar-refractivity contribution in [3.8, 4) is 0 Å². The van der Waals surface area contributed by atoms with E-state index in [-0.39, 0.29) is 6.04 Å². The SMILES string of the molecule is Cn1cnnc1CNC1CCCC1F. The van der Waals surface area contributed by atoms with Crippen molar-refractivity contribution in [2.75, 3.05) is 0 Å². The number of alkyl halides is 1. The molecule has 2 unspecified atom stereocenters. The first-order valence-electron chi connectivity index (χ1n) is 4.97. The maximum absolute atomic E-state index is 13.2. The molecule has 1 aromatic rings. The van der Waals surface area contributed by atoms with Gasteiger partial charge in [0.25, 0.3) is 0 Å². The number of hydrogen-bond acceptors (Lipinski definition) is 3. The molecule has 5 heteroatoms. The number of hydrogen-bond donors (Lipinski definition) is 1. The zero-order valence-electron chi connectivity index (χ0n) is 8.28. The van der Waals surface area contributed by atoms with E-state index in [1.165, 1.54) is 0 Å². The first kappa shape index (κ1) is 9.58. The fourth-order valence-electron chi connectivity index (χ4n) is 1.83. The molecule has 14 heavy (non-hydrogen) atoms. The first-order valence-corrected chi connectivity index (χ1v) is 4.97. The molecule has 2 rings (SSSR count). The Morgan fingerprint density at radius 1 is 1.64 bits per heavy atom. The summed E-state index contributed by atoms with van der Waals surface area (Å²) in [4.78, 5) is 0. The molecular weight excluding hydrogens is 183 g/mol. The smallest absolute Gasteiger partial charge is 0.146 e. The molecule has 1 fully saturated rings. The summed E-state index contributed by atoms with van der Waals surface area (Å²) in [5.41, 5.74) is 0. The van der Waals surface area contributed by atoms with Crippen molar-refractivity contribution < 1.29 is 4.39 Å². The molecule has 1 aromatic heterocycles. The second kappa shape index (κ2) is 4.04. The maximum Gasteiger partial charge on any atom is 0.146 e. The Balaban J connectivity index is 1.85.